The first-order chi connectivity index (χ1) is 9.61. The van der Waals surface area contributed by atoms with Gasteiger partial charge in [0.1, 0.15) is 10.1 Å². The van der Waals surface area contributed by atoms with Gasteiger partial charge in [-0.3, -0.25) is 14.5 Å². The van der Waals surface area contributed by atoms with Crippen molar-refractivity contribution >= 4 is 35.0 Å². The van der Waals surface area contributed by atoms with Gasteiger partial charge in [-0.1, -0.05) is 60.0 Å². The molecule has 0 fully saturated rings. The number of carbonyl (C=O) groups is 2. The summed E-state index contributed by atoms with van der Waals surface area (Å²) >= 11 is 11.3. The summed E-state index contributed by atoms with van der Waals surface area (Å²) in [5.41, 5.74) is 1.30. The molecule has 0 N–H and O–H groups in total. The molecule has 20 heavy (non-hydrogen) atoms. The van der Waals surface area contributed by atoms with Crippen LogP contribution in [-0.2, 0) is 16.0 Å². The third kappa shape index (κ3) is 3.41. The van der Waals surface area contributed by atoms with E-state index in [1.807, 2.05) is 18.2 Å². The van der Waals surface area contributed by atoms with Crippen LogP contribution in [0.5, 0.6) is 0 Å². The molecule has 2 rings (SSSR count). The Bertz CT molecular complexity index is 516. The lowest BCUT2D eigenvalue weighted by Gasteiger charge is -2.13. The van der Waals surface area contributed by atoms with E-state index >= 15 is 0 Å². The minimum Gasteiger partial charge on any atom is -0.273 e. The number of unbranched alkanes of at least 4 members (excludes halogenated alkanes) is 2. The molecule has 5 heteroatoms. The molecule has 1 aliphatic heterocycles. The third-order valence-corrected chi connectivity index (χ3v) is 4.05. The second-order valence-corrected chi connectivity index (χ2v) is 5.44. The van der Waals surface area contributed by atoms with Gasteiger partial charge in [0.15, 0.2) is 0 Å². The zero-order valence-corrected chi connectivity index (χ0v) is 12.5. The Morgan fingerprint density at radius 1 is 0.850 bits per heavy atom. The van der Waals surface area contributed by atoms with Gasteiger partial charge in [0, 0.05) is 6.54 Å². The molecule has 0 atom stereocenters. The fraction of sp³-hybridized carbons (Fsp3) is 0.333. The first kappa shape index (κ1) is 15.1. The highest BCUT2D eigenvalue weighted by atomic mass is 35.5. The van der Waals surface area contributed by atoms with Crippen molar-refractivity contribution in [1.82, 2.24) is 4.90 Å². The molecular weight excluding hydrogens is 297 g/mol. The van der Waals surface area contributed by atoms with E-state index in [9.17, 15) is 9.59 Å². The number of aryl methyl sites for hydroxylation is 1. The lowest BCUT2D eigenvalue weighted by molar-refractivity contribution is -0.137. The Morgan fingerprint density at radius 2 is 1.45 bits per heavy atom. The average Bonchev–Trinajstić information content (AvgIpc) is 2.65. The molecule has 1 aromatic rings. The van der Waals surface area contributed by atoms with E-state index in [4.69, 9.17) is 23.2 Å². The Balaban J connectivity index is 1.70. The van der Waals surface area contributed by atoms with Gasteiger partial charge in [-0.25, -0.2) is 0 Å². The molecule has 1 heterocycles. The van der Waals surface area contributed by atoms with Crippen molar-refractivity contribution in [3.8, 4) is 0 Å². The summed E-state index contributed by atoms with van der Waals surface area (Å²) < 4.78 is 0. The van der Waals surface area contributed by atoms with Crippen LogP contribution in [0.15, 0.2) is 40.4 Å². The molecule has 0 radical (unpaired) electrons. The SMILES string of the molecule is O=C1C(Cl)=C(Cl)C(=O)N1CCCCCc1ccccc1. The van der Waals surface area contributed by atoms with Gasteiger partial charge in [0.25, 0.3) is 11.8 Å². The van der Waals surface area contributed by atoms with Gasteiger partial charge in [-0.05, 0) is 24.8 Å². The molecule has 0 aliphatic carbocycles. The molecule has 106 valence electrons. The van der Waals surface area contributed by atoms with Crippen LogP contribution < -0.4 is 0 Å². The molecule has 0 saturated heterocycles. The van der Waals surface area contributed by atoms with Crippen molar-refractivity contribution in [3.05, 3.63) is 46.0 Å². The molecule has 2 amide bonds. The monoisotopic (exact) mass is 311 g/mol. The van der Waals surface area contributed by atoms with Crippen LogP contribution in [0.3, 0.4) is 0 Å². The molecule has 1 aliphatic rings. The first-order valence-electron chi connectivity index (χ1n) is 6.56. The second-order valence-electron chi connectivity index (χ2n) is 4.69. The lowest BCUT2D eigenvalue weighted by Crippen LogP contribution is -2.32. The van der Waals surface area contributed by atoms with E-state index in [-0.39, 0.29) is 10.1 Å². The quantitative estimate of drug-likeness (QED) is 0.596. The zero-order valence-electron chi connectivity index (χ0n) is 10.9. The van der Waals surface area contributed by atoms with Crippen molar-refractivity contribution in [1.29, 1.82) is 0 Å². The Hall–Kier alpha value is -1.32. The fourth-order valence-corrected chi connectivity index (χ4v) is 2.51. The van der Waals surface area contributed by atoms with Crippen LogP contribution in [0, 0.1) is 0 Å². The second kappa shape index (κ2) is 6.91. The molecule has 1 aromatic carbocycles. The molecule has 0 saturated carbocycles. The molecule has 3 nitrogen and oxygen atoms in total. The maximum atomic E-state index is 11.6. The Kier molecular flexibility index (Phi) is 5.21. The summed E-state index contributed by atoms with van der Waals surface area (Å²) in [5, 5.41) is -0.332. The van der Waals surface area contributed by atoms with E-state index in [2.05, 4.69) is 12.1 Å². The maximum Gasteiger partial charge on any atom is 0.274 e. The van der Waals surface area contributed by atoms with Crippen molar-refractivity contribution < 1.29 is 9.59 Å². The Morgan fingerprint density at radius 3 is 2.05 bits per heavy atom. The van der Waals surface area contributed by atoms with E-state index in [0.717, 1.165) is 30.6 Å². The number of nitrogens with zero attached hydrogens (tertiary/aromatic N) is 1. The van der Waals surface area contributed by atoms with Gasteiger partial charge in [-0.15, -0.1) is 0 Å². The molecule has 0 spiro atoms. The van der Waals surface area contributed by atoms with Gasteiger partial charge in [0.2, 0.25) is 0 Å². The number of amides is 2. The predicted molar refractivity (Wildman–Crippen MR) is 79.4 cm³/mol. The number of halogens is 2. The average molecular weight is 312 g/mol. The van der Waals surface area contributed by atoms with E-state index in [1.165, 1.54) is 5.56 Å². The van der Waals surface area contributed by atoms with E-state index in [0.29, 0.717) is 6.54 Å². The van der Waals surface area contributed by atoms with E-state index < -0.39 is 11.8 Å². The lowest BCUT2D eigenvalue weighted by atomic mass is 10.1. The number of hydrogen-bond acceptors (Lipinski definition) is 2. The number of carbonyl (C=O) groups excluding carboxylic acids is 2. The molecule has 0 aromatic heterocycles. The molecular formula is C15H15Cl2NO2. The van der Waals surface area contributed by atoms with Gasteiger partial charge < -0.3 is 0 Å². The van der Waals surface area contributed by atoms with Crippen LogP contribution in [0.2, 0.25) is 0 Å². The number of hydrogen-bond donors (Lipinski definition) is 0. The summed E-state index contributed by atoms with van der Waals surface area (Å²) in [7, 11) is 0. The van der Waals surface area contributed by atoms with Gasteiger partial charge >= 0.3 is 0 Å². The standard InChI is InChI=1S/C15H15Cl2NO2/c16-12-13(17)15(20)18(14(12)19)10-6-2-5-9-11-7-3-1-4-8-11/h1,3-4,7-8H,2,5-6,9-10H2. The highest BCUT2D eigenvalue weighted by molar-refractivity contribution is 6.58. The third-order valence-electron chi connectivity index (χ3n) is 3.25. The Labute approximate surface area is 128 Å². The summed E-state index contributed by atoms with van der Waals surface area (Å²) in [6.45, 7) is 0.374. The minimum absolute atomic E-state index is 0.166. The van der Waals surface area contributed by atoms with Crippen LogP contribution in [0.25, 0.3) is 0 Å². The van der Waals surface area contributed by atoms with Gasteiger partial charge in [-0.2, -0.15) is 0 Å². The van der Waals surface area contributed by atoms with Crippen molar-refractivity contribution in [2.75, 3.05) is 6.54 Å². The summed E-state index contributed by atoms with van der Waals surface area (Å²) in [4.78, 5) is 24.4. The van der Waals surface area contributed by atoms with Crippen LogP contribution in [-0.4, -0.2) is 23.3 Å². The van der Waals surface area contributed by atoms with Crippen molar-refractivity contribution in [2.24, 2.45) is 0 Å². The van der Waals surface area contributed by atoms with Gasteiger partial charge in [0.05, 0.1) is 0 Å². The highest BCUT2D eigenvalue weighted by Gasteiger charge is 2.35. The normalized spacial score (nSPS) is 15.4. The van der Waals surface area contributed by atoms with Crippen molar-refractivity contribution in [3.63, 3.8) is 0 Å². The summed E-state index contributed by atoms with van der Waals surface area (Å²) in [6.07, 6.45) is 3.73. The largest absolute Gasteiger partial charge is 0.274 e. The predicted octanol–water partition coefficient (Wildman–Crippen LogP) is 3.46. The fourth-order valence-electron chi connectivity index (χ4n) is 2.14. The van der Waals surface area contributed by atoms with E-state index in [1.54, 1.807) is 0 Å². The van der Waals surface area contributed by atoms with Crippen molar-refractivity contribution in [2.45, 2.75) is 25.7 Å². The molecule has 0 unspecified atom stereocenters. The van der Waals surface area contributed by atoms with Crippen LogP contribution in [0.4, 0.5) is 0 Å². The van der Waals surface area contributed by atoms with Crippen LogP contribution >= 0.6 is 23.2 Å². The highest BCUT2D eigenvalue weighted by Crippen LogP contribution is 2.26. The maximum absolute atomic E-state index is 11.6. The number of benzene rings is 1. The zero-order chi connectivity index (χ0) is 14.5. The number of imide groups is 1. The molecule has 0 bridgehead atoms. The smallest absolute Gasteiger partial charge is 0.273 e. The minimum atomic E-state index is -0.482. The topological polar surface area (TPSA) is 37.4 Å². The first-order valence-corrected chi connectivity index (χ1v) is 7.32. The van der Waals surface area contributed by atoms with Crippen LogP contribution in [0.1, 0.15) is 24.8 Å². The summed E-state index contributed by atoms with van der Waals surface area (Å²) in [5.74, 6) is -0.963. The summed E-state index contributed by atoms with van der Waals surface area (Å²) in [6, 6.07) is 10.2. The number of rotatable bonds is 6.